The molecule has 0 spiro atoms. The van der Waals surface area contributed by atoms with Crippen LogP contribution in [-0.4, -0.2) is 47.1 Å². The molecule has 4 rings (SSSR count). The van der Waals surface area contributed by atoms with Crippen LogP contribution in [0.5, 0.6) is 0 Å². The van der Waals surface area contributed by atoms with E-state index in [1.807, 2.05) is 37.3 Å². The van der Waals surface area contributed by atoms with E-state index in [1.54, 1.807) is 29.2 Å². The number of carbonyl (C=O) groups excluding carboxylic acids is 1. The highest BCUT2D eigenvalue weighted by Crippen LogP contribution is 2.31. The van der Waals surface area contributed by atoms with E-state index in [0.29, 0.717) is 43.3 Å². The van der Waals surface area contributed by atoms with Crippen molar-refractivity contribution >= 4 is 17.5 Å². The molecule has 1 aliphatic heterocycles. The van der Waals surface area contributed by atoms with Gasteiger partial charge in [-0.05, 0) is 31.0 Å². The fourth-order valence-electron chi connectivity index (χ4n) is 4.19. The zero-order valence-electron chi connectivity index (χ0n) is 19.2. The number of nitriles is 1. The highest BCUT2D eigenvalue weighted by atomic mass is 16.2. The number of benzene rings is 2. The molecule has 1 aliphatic rings. The Bertz CT molecular complexity index is 1180. The summed E-state index contributed by atoms with van der Waals surface area (Å²) in [5.41, 5.74) is 4.29. The van der Waals surface area contributed by atoms with Crippen molar-refractivity contribution in [3.63, 3.8) is 0 Å². The molecule has 33 heavy (non-hydrogen) atoms. The lowest BCUT2D eigenvalue weighted by molar-refractivity contribution is 0.208. The Balaban J connectivity index is 1.51. The zero-order chi connectivity index (χ0) is 23.4. The van der Waals surface area contributed by atoms with Gasteiger partial charge in [0.25, 0.3) is 0 Å². The van der Waals surface area contributed by atoms with Crippen molar-refractivity contribution in [1.29, 1.82) is 5.26 Å². The average Bonchev–Trinajstić information content (AvgIpc) is 2.84. The van der Waals surface area contributed by atoms with Crippen LogP contribution in [0, 0.1) is 18.3 Å². The summed E-state index contributed by atoms with van der Waals surface area (Å²) < 4.78 is 0. The van der Waals surface area contributed by atoms with Crippen LogP contribution in [-0.2, 0) is 0 Å². The third-order valence-electron chi connectivity index (χ3n) is 5.83. The van der Waals surface area contributed by atoms with Crippen molar-refractivity contribution in [2.24, 2.45) is 0 Å². The molecule has 0 atom stereocenters. The lowest BCUT2D eigenvalue weighted by Crippen LogP contribution is -2.50. The third-order valence-corrected chi connectivity index (χ3v) is 5.83. The van der Waals surface area contributed by atoms with Gasteiger partial charge in [0.05, 0.1) is 11.6 Å². The first-order valence-electron chi connectivity index (χ1n) is 11.2. The maximum atomic E-state index is 12.8. The number of hydrogen-bond acceptors (Lipinski definition) is 5. The molecule has 2 amide bonds. The van der Waals surface area contributed by atoms with Gasteiger partial charge in [-0.1, -0.05) is 50.2 Å². The van der Waals surface area contributed by atoms with Gasteiger partial charge in [-0.2, -0.15) is 5.26 Å². The minimum Gasteiger partial charge on any atom is -0.353 e. The Hall–Kier alpha value is -3.92. The number of rotatable bonds is 4. The second-order valence-corrected chi connectivity index (χ2v) is 8.49. The SMILES string of the molecule is Cc1nc(-c2ccccc2)nc(N2CCN(C(=O)Nc3cccc(C#N)c3)CC2)c1C(C)C. The van der Waals surface area contributed by atoms with Crippen LogP contribution in [0.15, 0.2) is 54.6 Å². The summed E-state index contributed by atoms with van der Waals surface area (Å²) in [7, 11) is 0. The highest BCUT2D eigenvalue weighted by Gasteiger charge is 2.26. The molecule has 7 heteroatoms. The minimum absolute atomic E-state index is 0.155. The maximum Gasteiger partial charge on any atom is 0.321 e. The number of hydrogen-bond donors (Lipinski definition) is 1. The van der Waals surface area contributed by atoms with E-state index in [9.17, 15) is 4.79 Å². The molecule has 7 nitrogen and oxygen atoms in total. The molecule has 0 unspecified atom stereocenters. The molecule has 0 saturated carbocycles. The van der Waals surface area contributed by atoms with E-state index in [2.05, 4.69) is 30.1 Å². The molecule has 0 aliphatic carbocycles. The van der Waals surface area contributed by atoms with E-state index in [-0.39, 0.29) is 6.03 Å². The molecule has 1 aromatic heterocycles. The number of aryl methyl sites for hydroxylation is 1. The van der Waals surface area contributed by atoms with Crippen LogP contribution in [0.1, 0.15) is 36.6 Å². The molecule has 2 heterocycles. The second kappa shape index (κ2) is 9.70. The monoisotopic (exact) mass is 440 g/mol. The molecule has 0 radical (unpaired) electrons. The first kappa shape index (κ1) is 22.3. The molecular formula is C26H28N6O. The normalized spacial score (nSPS) is 13.7. The summed E-state index contributed by atoms with van der Waals surface area (Å²) in [5.74, 6) is 1.97. The minimum atomic E-state index is -0.155. The van der Waals surface area contributed by atoms with Gasteiger partial charge in [0.15, 0.2) is 5.82 Å². The lowest BCUT2D eigenvalue weighted by Gasteiger charge is -2.37. The molecular weight excluding hydrogens is 412 g/mol. The molecule has 2 aromatic carbocycles. The summed E-state index contributed by atoms with van der Waals surface area (Å²) in [4.78, 5) is 26.6. The van der Waals surface area contributed by atoms with Crippen molar-refractivity contribution in [1.82, 2.24) is 14.9 Å². The number of urea groups is 1. The van der Waals surface area contributed by atoms with E-state index < -0.39 is 0 Å². The maximum absolute atomic E-state index is 12.8. The van der Waals surface area contributed by atoms with Crippen LogP contribution in [0.2, 0.25) is 0 Å². The van der Waals surface area contributed by atoms with Crippen molar-refractivity contribution in [2.75, 3.05) is 36.4 Å². The van der Waals surface area contributed by atoms with Gasteiger partial charge >= 0.3 is 6.03 Å². The number of piperazine rings is 1. The molecule has 1 fully saturated rings. The Morgan fingerprint density at radius 3 is 2.42 bits per heavy atom. The molecule has 168 valence electrons. The first-order chi connectivity index (χ1) is 16.0. The van der Waals surface area contributed by atoms with Crippen molar-refractivity contribution in [2.45, 2.75) is 26.7 Å². The number of amides is 2. The number of nitrogens with zero attached hydrogens (tertiary/aromatic N) is 5. The van der Waals surface area contributed by atoms with E-state index >= 15 is 0 Å². The van der Waals surface area contributed by atoms with E-state index in [1.165, 1.54) is 0 Å². The van der Waals surface area contributed by atoms with Gasteiger partial charge in [0, 0.05) is 48.7 Å². The first-order valence-corrected chi connectivity index (χ1v) is 11.2. The number of anilines is 2. The van der Waals surface area contributed by atoms with Crippen LogP contribution in [0.3, 0.4) is 0 Å². The van der Waals surface area contributed by atoms with Crippen LogP contribution >= 0.6 is 0 Å². The van der Waals surface area contributed by atoms with Gasteiger partial charge < -0.3 is 15.1 Å². The van der Waals surface area contributed by atoms with Gasteiger partial charge in [-0.25, -0.2) is 14.8 Å². The molecule has 0 bridgehead atoms. The summed E-state index contributed by atoms with van der Waals surface area (Å²) in [5, 5.41) is 12.0. The van der Waals surface area contributed by atoms with Crippen LogP contribution < -0.4 is 10.2 Å². The number of carbonyl (C=O) groups is 1. The van der Waals surface area contributed by atoms with Gasteiger partial charge in [-0.3, -0.25) is 0 Å². The molecule has 3 aromatic rings. The number of nitrogens with one attached hydrogen (secondary N) is 1. The summed E-state index contributed by atoms with van der Waals surface area (Å²) in [6, 6.07) is 18.9. The Kier molecular flexibility index (Phi) is 6.55. The van der Waals surface area contributed by atoms with Crippen molar-refractivity contribution in [3.05, 3.63) is 71.4 Å². The fraction of sp³-hybridized carbons (Fsp3) is 0.308. The highest BCUT2D eigenvalue weighted by molar-refractivity contribution is 5.89. The Morgan fingerprint density at radius 1 is 1.03 bits per heavy atom. The Labute approximate surface area is 194 Å². The van der Waals surface area contributed by atoms with Crippen molar-refractivity contribution < 1.29 is 4.79 Å². The summed E-state index contributed by atoms with van der Waals surface area (Å²) in [6.45, 7) is 8.93. The zero-order valence-corrected chi connectivity index (χ0v) is 19.2. The Morgan fingerprint density at radius 2 is 1.76 bits per heavy atom. The summed E-state index contributed by atoms with van der Waals surface area (Å²) >= 11 is 0. The number of aromatic nitrogens is 2. The lowest BCUT2D eigenvalue weighted by atomic mass is 10.0. The van der Waals surface area contributed by atoms with Crippen LogP contribution in [0.4, 0.5) is 16.3 Å². The van der Waals surface area contributed by atoms with Gasteiger partial charge in [-0.15, -0.1) is 0 Å². The van der Waals surface area contributed by atoms with Gasteiger partial charge in [0.1, 0.15) is 5.82 Å². The molecule has 1 N–H and O–H groups in total. The third kappa shape index (κ3) is 4.96. The fourth-order valence-corrected chi connectivity index (χ4v) is 4.19. The van der Waals surface area contributed by atoms with E-state index in [0.717, 1.165) is 28.5 Å². The standard InChI is InChI=1S/C26H28N6O/c1-18(2)23-19(3)28-24(21-9-5-4-6-10-21)30-25(23)31-12-14-32(15-13-31)26(33)29-22-11-7-8-20(16-22)17-27/h4-11,16,18H,12-15H2,1-3H3,(H,29,33). The quantitative estimate of drug-likeness (QED) is 0.630. The van der Waals surface area contributed by atoms with E-state index in [4.69, 9.17) is 15.2 Å². The second-order valence-electron chi connectivity index (χ2n) is 8.49. The predicted octanol–water partition coefficient (Wildman–Crippen LogP) is 4.80. The van der Waals surface area contributed by atoms with Crippen molar-refractivity contribution in [3.8, 4) is 17.5 Å². The predicted molar refractivity (Wildman–Crippen MR) is 130 cm³/mol. The van der Waals surface area contributed by atoms with Crippen LogP contribution in [0.25, 0.3) is 11.4 Å². The topological polar surface area (TPSA) is 85.2 Å². The largest absolute Gasteiger partial charge is 0.353 e. The smallest absolute Gasteiger partial charge is 0.321 e. The van der Waals surface area contributed by atoms with Gasteiger partial charge in [0.2, 0.25) is 0 Å². The average molecular weight is 441 g/mol. The summed E-state index contributed by atoms with van der Waals surface area (Å²) in [6.07, 6.45) is 0. The molecule has 1 saturated heterocycles.